The van der Waals surface area contributed by atoms with Crippen LogP contribution in [0.4, 0.5) is 0 Å². The quantitative estimate of drug-likeness (QED) is 0.766. The Labute approximate surface area is 92.3 Å². The zero-order valence-corrected chi connectivity index (χ0v) is 10.9. The van der Waals surface area contributed by atoms with Crippen molar-refractivity contribution >= 4 is 37.4 Å². The predicted octanol–water partition coefficient (Wildman–Crippen LogP) is 3.82. The van der Waals surface area contributed by atoms with Crippen LogP contribution in [-0.2, 0) is 0 Å². The van der Waals surface area contributed by atoms with Crippen molar-refractivity contribution in [1.29, 1.82) is 0 Å². The summed E-state index contributed by atoms with van der Waals surface area (Å²) < 4.78 is 5.07. The van der Waals surface area contributed by atoms with Gasteiger partial charge in [-0.2, -0.15) is 0 Å². The summed E-state index contributed by atoms with van der Waals surface area (Å²) in [5.41, 5.74) is 0. The van der Waals surface area contributed by atoms with Crippen LogP contribution < -0.4 is 10.0 Å². The van der Waals surface area contributed by atoms with E-state index >= 15 is 0 Å². The van der Waals surface area contributed by atoms with Gasteiger partial charge in [0.05, 0.1) is 13.3 Å². The first-order chi connectivity index (χ1) is 6.10. The van der Waals surface area contributed by atoms with Crippen LogP contribution in [0.1, 0.15) is 6.92 Å². The summed E-state index contributed by atoms with van der Waals surface area (Å²) in [6.07, 6.45) is 0.945. The minimum atomic E-state index is -1.58. The number of rotatable bonds is 3. The molecular formula is C9H12BrClOP+. The Kier molecular flexibility index (Phi) is 4.03. The Morgan fingerprint density at radius 1 is 1.38 bits per heavy atom. The topological polar surface area (TPSA) is 9.23 Å². The zero-order valence-electron chi connectivity index (χ0n) is 7.63. The average molecular weight is 283 g/mol. The molecule has 4 heteroatoms. The molecule has 1 rings (SSSR count). The molecular weight excluding hydrogens is 270 g/mol. The van der Waals surface area contributed by atoms with Gasteiger partial charge < -0.3 is 4.74 Å². The normalized spacial score (nSPS) is 15.1. The molecule has 1 aromatic carbocycles. The standard InChI is InChI=1S/C9H12BrClOP/c1-3-13(10,11)9-6-4-8(12-2)5-7-9/h4-7H,3H2,1-2H3/q+1. The molecule has 72 valence electrons. The zero-order chi connectivity index (χ0) is 9.90. The summed E-state index contributed by atoms with van der Waals surface area (Å²) in [6.45, 7) is 2.08. The summed E-state index contributed by atoms with van der Waals surface area (Å²) in [4.78, 5) is 0. The minimum Gasteiger partial charge on any atom is -0.497 e. The highest BCUT2D eigenvalue weighted by atomic mass is 79.9. The lowest BCUT2D eigenvalue weighted by Crippen LogP contribution is -2.03. The van der Waals surface area contributed by atoms with Crippen molar-refractivity contribution in [2.45, 2.75) is 6.92 Å². The number of hydrogen-bond acceptors (Lipinski definition) is 1. The fourth-order valence-electron chi connectivity index (χ4n) is 0.983. The smallest absolute Gasteiger partial charge is 0.214 e. The highest BCUT2D eigenvalue weighted by Crippen LogP contribution is 2.69. The first-order valence-corrected chi connectivity index (χ1v) is 8.92. The van der Waals surface area contributed by atoms with E-state index in [1.54, 1.807) is 7.11 Å². The van der Waals surface area contributed by atoms with Crippen molar-refractivity contribution in [2.75, 3.05) is 13.3 Å². The van der Waals surface area contributed by atoms with Crippen LogP contribution >= 0.6 is 32.0 Å². The molecule has 0 aromatic heterocycles. The van der Waals surface area contributed by atoms with Gasteiger partial charge >= 0.3 is 0 Å². The lowest BCUT2D eigenvalue weighted by molar-refractivity contribution is 0.415. The van der Waals surface area contributed by atoms with E-state index in [4.69, 9.17) is 16.0 Å². The van der Waals surface area contributed by atoms with Gasteiger partial charge in [-0.3, -0.25) is 0 Å². The molecule has 1 nitrogen and oxygen atoms in total. The third-order valence-electron chi connectivity index (χ3n) is 1.85. The van der Waals surface area contributed by atoms with Crippen LogP contribution in [0.5, 0.6) is 5.75 Å². The van der Waals surface area contributed by atoms with Crippen LogP contribution in [0.2, 0.25) is 0 Å². The highest BCUT2D eigenvalue weighted by Gasteiger charge is 2.34. The maximum absolute atomic E-state index is 6.33. The van der Waals surface area contributed by atoms with E-state index < -0.39 is 5.32 Å². The second kappa shape index (κ2) is 4.63. The maximum Gasteiger partial charge on any atom is 0.214 e. The molecule has 0 N–H and O–H groups in total. The number of halogens is 2. The molecule has 0 fully saturated rings. The Balaban J connectivity index is 2.92. The van der Waals surface area contributed by atoms with Crippen LogP contribution in [-0.4, -0.2) is 13.3 Å². The molecule has 0 aliphatic heterocycles. The van der Waals surface area contributed by atoms with Gasteiger partial charge in [0.1, 0.15) is 22.3 Å². The fraction of sp³-hybridized carbons (Fsp3) is 0.333. The third-order valence-corrected chi connectivity index (χ3v) is 7.73. The molecule has 0 bridgehead atoms. The molecule has 0 aliphatic carbocycles. The SMILES string of the molecule is CC[P+](Cl)(Br)c1ccc(OC)cc1. The molecule has 1 aromatic rings. The number of hydrogen-bond donors (Lipinski definition) is 0. The largest absolute Gasteiger partial charge is 0.497 e. The van der Waals surface area contributed by atoms with Crippen molar-refractivity contribution in [2.24, 2.45) is 0 Å². The first kappa shape index (κ1) is 11.3. The Hall–Kier alpha value is 0.220. The molecule has 0 amide bonds. The lowest BCUT2D eigenvalue weighted by Gasteiger charge is -2.08. The molecule has 0 heterocycles. The van der Waals surface area contributed by atoms with E-state index in [1.165, 1.54) is 0 Å². The first-order valence-electron chi connectivity index (χ1n) is 4.02. The van der Waals surface area contributed by atoms with Gasteiger partial charge in [0, 0.05) is 0 Å². The van der Waals surface area contributed by atoms with Gasteiger partial charge in [-0.25, -0.2) is 0 Å². The Bertz CT molecular complexity index is 273. The van der Waals surface area contributed by atoms with Crippen molar-refractivity contribution in [3.63, 3.8) is 0 Å². The van der Waals surface area contributed by atoms with E-state index in [0.29, 0.717) is 0 Å². The third kappa shape index (κ3) is 2.83. The highest BCUT2D eigenvalue weighted by molar-refractivity contribution is 9.45. The predicted molar refractivity (Wildman–Crippen MR) is 64.9 cm³/mol. The number of ether oxygens (including phenoxy) is 1. The van der Waals surface area contributed by atoms with Crippen molar-refractivity contribution in [3.8, 4) is 5.75 Å². The molecule has 1 atom stereocenters. The van der Waals surface area contributed by atoms with E-state index in [-0.39, 0.29) is 0 Å². The van der Waals surface area contributed by atoms with Crippen LogP contribution in [0, 0.1) is 0 Å². The molecule has 13 heavy (non-hydrogen) atoms. The van der Waals surface area contributed by atoms with Gasteiger partial charge in [0.25, 0.3) is 0 Å². The van der Waals surface area contributed by atoms with E-state index in [9.17, 15) is 0 Å². The monoisotopic (exact) mass is 281 g/mol. The summed E-state index contributed by atoms with van der Waals surface area (Å²) in [6, 6.07) is 7.89. The number of methoxy groups -OCH3 is 1. The van der Waals surface area contributed by atoms with E-state index in [2.05, 4.69) is 22.4 Å². The lowest BCUT2D eigenvalue weighted by atomic mass is 10.3. The summed E-state index contributed by atoms with van der Waals surface area (Å²) in [5, 5.41) is -0.413. The van der Waals surface area contributed by atoms with Crippen LogP contribution in [0.3, 0.4) is 0 Å². The Morgan fingerprint density at radius 3 is 2.31 bits per heavy atom. The molecule has 0 aliphatic rings. The van der Waals surface area contributed by atoms with Crippen molar-refractivity contribution < 1.29 is 4.74 Å². The number of benzene rings is 1. The molecule has 0 spiro atoms. The second-order valence-electron chi connectivity index (χ2n) is 2.64. The molecule has 0 saturated heterocycles. The molecule has 0 saturated carbocycles. The van der Waals surface area contributed by atoms with E-state index in [0.717, 1.165) is 17.2 Å². The molecule has 1 unspecified atom stereocenters. The van der Waals surface area contributed by atoms with Crippen LogP contribution in [0.25, 0.3) is 0 Å². The minimum absolute atomic E-state index is 0.865. The van der Waals surface area contributed by atoms with Gasteiger partial charge in [0.2, 0.25) is 5.32 Å². The maximum atomic E-state index is 6.33. The van der Waals surface area contributed by atoms with Crippen LogP contribution in [0.15, 0.2) is 24.3 Å². The molecule has 0 radical (unpaired) electrons. The van der Waals surface area contributed by atoms with E-state index in [1.807, 2.05) is 24.3 Å². The van der Waals surface area contributed by atoms with Gasteiger partial charge in [-0.05, 0) is 31.2 Å². The van der Waals surface area contributed by atoms with Gasteiger partial charge in [0.15, 0.2) is 15.5 Å². The summed E-state index contributed by atoms with van der Waals surface area (Å²) in [5.74, 6) is 0.865. The summed E-state index contributed by atoms with van der Waals surface area (Å²) >= 11 is 9.90. The fourth-order valence-corrected chi connectivity index (χ4v) is 2.98. The second-order valence-corrected chi connectivity index (χ2v) is 11.6. The Morgan fingerprint density at radius 2 is 1.92 bits per heavy atom. The van der Waals surface area contributed by atoms with Gasteiger partial charge in [-0.1, -0.05) is 0 Å². The van der Waals surface area contributed by atoms with Gasteiger partial charge in [-0.15, -0.1) is 0 Å². The average Bonchev–Trinajstić information content (AvgIpc) is 2.18. The summed E-state index contributed by atoms with van der Waals surface area (Å²) in [7, 11) is 1.66. The van der Waals surface area contributed by atoms with Crippen molar-refractivity contribution in [3.05, 3.63) is 24.3 Å². The van der Waals surface area contributed by atoms with Crippen molar-refractivity contribution in [1.82, 2.24) is 0 Å².